The number of hydrogen-bond acceptors (Lipinski definition) is 4. The van der Waals surface area contributed by atoms with E-state index < -0.39 is 0 Å². The van der Waals surface area contributed by atoms with Crippen molar-refractivity contribution in [3.63, 3.8) is 0 Å². The van der Waals surface area contributed by atoms with E-state index in [0.29, 0.717) is 0 Å². The smallest absolute Gasteiger partial charge is 0.204 e. The van der Waals surface area contributed by atoms with Gasteiger partial charge in [-0.15, -0.1) is 0 Å². The predicted octanol–water partition coefficient (Wildman–Crippen LogP) is 6.11. The van der Waals surface area contributed by atoms with Crippen LogP contribution in [0.4, 0.5) is 5.13 Å². The van der Waals surface area contributed by atoms with Crippen molar-refractivity contribution in [2.75, 3.05) is 5.43 Å². The number of fused-ring (bicyclic) bond motifs is 1. The minimum Gasteiger partial charge on any atom is -0.318 e. The summed E-state index contributed by atoms with van der Waals surface area (Å²) in [4.78, 5) is 4.53. The van der Waals surface area contributed by atoms with E-state index in [1.165, 1.54) is 5.56 Å². The first kappa shape index (κ1) is 17.8. The number of nitrogens with zero attached hydrogens (tertiary/aromatic N) is 3. The molecule has 0 aliphatic rings. The number of thiazole rings is 1. The summed E-state index contributed by atoms with van der Waals surface area (Å²) < 4.78 is 3.35. The van der Waals surface area contributed by atoms with Crippen molar-refractivity contribution in [3.05, 3.63) is 76.1 Å². The molecule has 0 atom stereocenters. The molecule has 6 heteroatoms. The summed E-state index contributed by atoms with van der Waals surface area (Å²) in [6.07, 6.45) is 1.84. The minimum atomic E-state index is 0.732. The van der Waals surface area contributed by atoms with Gasteiger partial charge in [-0.05, 0) is 56.7 Å². The second kappa shape index (κ2) is 7.18. The molecule has 1 N–H and O–H groups in total. The standard InChI is InChI=1S/C21H19ClN4S/c1-13-8-9-17(22)11-19(13)26-14(2)10-16(15(26)3)12-23-25-21-24-18-6-4-5-7-20(18)27-21/h4-12H,1-3H3,(H,24,25)/b23-12-. The van der Waals surface area contributed by atoms with Crippen LogP contribution in [0.1, 0.15) is 22.5 Å². The van der Waals surface area contributed by atoms with Gasteiger partial charge in [0.2, 0.25) is 5.13 Å². The van der Waals surface area contributed by atoms with E-state index in [4.69, 9.17) is 11.6 Å². The quantitative estimate of drug-likeness (QED) is 0.335. The molecule has 136 valence electrons. The zero-order valence-corrected chi connectivity index (χ0v) is 16.9. The van der Waals surface area contributed by atoms with Gasteiger partial charge in [0.1, 0.15) is 0 Å². The lowest BCUT2D eigenvalue weighted by Gasteiger charge is -2.13. The van der Waals surface area contributed by atoms with E-state index in [9.17, 15) is 0 Å². The third-order valence-electron chi connectivity index (χ3n) is 4.54. The van der Waals surface area contributed by atoms with Gasteiger partial charge < -0.3 is 4.57 Å². The summed E-state index contributed by atoms with van der Waals surface area (Å²) in [7, 11) is 0. The van der Waals surface area contributed by atoms with E-state index in [-0.39, 0.29) is 0 Å². The first-order valence-corrected chi connectivity index (χ1v) is 9.82. The minimum absolute atomic E-state index is 0.732. The van der Waals surface area contributed by atoms with E-state index in [0.717, 1.165) is 43.0 Å². The fourth-order valence-corrected chi connectivity index (χ4v) is 4.17. The summed E-state index contributed by atoms with van der Waals surface area (Å²) in [6, 6.07) is 16.1. The van der Waals surface area contributed by atoms with Gasteiger partial charge in [0, 0.05) is 27.7 Å². The number of anilines is 1. The highest BCUT2D eigenvalue weighted by Crippen LogP contribution is 2.26. The molecule has 0 aliphatic carbocycles. The molecule has 0 spiro atoms. The zero-order valence-electron chi connectivity index (χ0n) is 15.3. The SMILES string of the molecule is Cc1ccc(Cl)cc1-n1c(C)cc(/C=N\Nc2nc3ccccc3s2)c1C. The largest absolute Gasteiger partial charge is 0.318 e. The van der Waals surface area contributed by atoms with Crippen molar-refractivity contribution in [1.29, 1.82) is 0 Å². The number of hydrogen-bond donors (Lipinski definition) is 1. The maximum Gasteiger partial charge on any atom is 0.204 e. The molecular formula is C21H19ClN4S. The average Bonchev–Trinajstić information content (AvgIpc) is 3.18. The van der Waals surface area contributed by atoms with Gasteiger partial charge in [-0.3, -0.25) is 5.43 Å². The Morgan fingerprint density at radius 1 is 1.11 bits per heavy atom. The first-order valence-electron chi connectivity index (χ1n) is 8.63. The van der Waals surface area contributed by atoms with Crippen LogP contribution in [0.15, 0.2) is 53.6 Å². The van der Waals surface area contributed by atoms with Gasteiger partial charge in [-0.1, -0.05) is 41.1 Å². The Morgan fingerprint density at radius 3 is 2.74 bits per heavy atom. The van der Waals surface area contributed by atoms with Crippen molar-refractivity contribution in [2.24, 2.45) is 5.10 Å². The lowest BCUT2D eigenvalue weighted by Crippen LogP contribution is -2.02. The van der Waals surface area contributed by atoms with Crippen molar-refractivity contribution < 1.29 is 0 Å². The number of para-hydroxylation sites is 1. The van der Waals surface area contributed by atoms with Crippen molar-refractivity contribution in [1.82, 2.24) is 9.55 Å². The lowest BCUT2D eigenvalue weighted by atomic mass is 10.2. The highest BCUT2D eigenvalue weighted by Gasteiger charge is 2.12. The van der Waals surface area contributed by atoms with Crippen LogP contribution in [-0.2, 0) is 0 Å². The van der Waals surface area contributed by atoms with E-state index in [1.807, 2.05) is 42.6 Å². The highest BCUT2D eigenvalue weighted by molar-refractivity contribution is 7.22. The fraction of sp³-hybridized carbons (Fsp3) is 0.143. The monoisotopic (exact) mass is 394 g/mol. The number of rotatable bonds is 4. The molecule has 4 rings (SSSR count). The molecule has 4 nitrogen and oxygen atoms in total. The Kier molecular flexibility index (Phi) is 4.72. The molecule has 0 saturated heterocycles. The van der Waals surface area contributed by atoms with Gasteiger partial charge in [-0.2, -0.15) is 5.10 Å². The van der Waals surface area contributed by atoms with Crippen molar-refractivity contribution >= 4 is 44.5 Å². The van der Waals surface area contributed by atoms with Crippen LogP contribution in [-0.4, -0.2) is 15.8 Å². The van der Waals surface area contributed by atoms with Crippen LogP contribution >= 0.6 is 22.9 Å². The van der Waals surface area contributed by atoms with E-state index in [2.05, 4.69) is 53.0 Å². The van der Waals surface area contributed by atoms with Crippen LogP contribution in [0.5, 0.6) is 0 Å². The Balaban J connectivity index is 1.61. The van der Waals surface area contributed by atoms with Crippen LogP contribution in [0, 0.1) is 20.8 Å². The van der Waals surface area contributed by atoms with Gasteiger partial charge in [-0.25, -0.2) is 4.98 Å². The van der Waals surface area contributed by atoms with Crippen molar-refractivity contribution in [2.45, 2.75) is 20.8 Å². The first-order chi connectivity index (χ1) is 13.0. The average molecular weight is 395 g/mol. The molecule has 0 fully saturated rings. The van der Waals surface area contributed by atoms with E-state index in [1.54, 1.807) is 11.3 Å². The van der Waals surface area contributed by atoms with E-state index >= 15 is 0 Å². The molecule has 2 heterocycles. The number of aromatic nitrogens is 2. The zero-order chi connectivity index (χ0) is 19.0. The lowest BCUT2D eigenvalue weighted by molar-refractivity contribution is 0.954. The number of hydrazone groups is 1. The molecule has 4 aromatic rings. The van der Waals surface area contributed by atoms with Crippen LogP contribution in [0.2, 0.25) is 5.02 Å². The summed E-state index contributed by atoms with van der Waals surface area (Å²) in [5.74, 6) is 0. The summed E-state index contributed by atoms with van der Waals surface area (Å²) >= 11 is 7.80. The topological polar surface area (TPSA) is 42.2 Å². The van der Waals surface area contributed by atoms with Crippen LogP contribution < -0.4 is 5.43 Å². The molecule has 2 aromatic heterocycles. The molecule has 0 saturated carbocycles. The molecule has 0 bridgehead atoms. The predicted molar refractivity (Wildman–Crippen MR) is 116 cm³/mol. The molecule has 27 heavy (non-hydrogen) atoms. The number of aryl methyl sites for hydroxylation is 2. The maximum absolute atomic E-state index is 6.21. The number of halogens is 1. The van der Waals surface area contributed by atoms with Crippen molar-refractivity contribution in [3.8, 4) is 5.69 Å². The Hall–Kier alpha value is -2.63. The number of nitrogens with one attached hydrogen (secondary N) is 1. The Labute approximate surface area is 167 Å². The number of benzene rings is 2. The summed E-state index contributed by atoms with van der Waals surface area (Å²) in [5, 5.41) is 5.91. The van der Waals surface area contributed by atoms with Gasteiger partial charge in [0.25, 0.3) is 0 Å². The second-order valence-electron chi connectivity index (χ2n) is 6.45. The Morgan fingerprint density at radius 2 is 1.93 bits per heavy atom. The molecule has 0 radical (unpaired) electrons. The summed E-state index contributed by atoms with van der Waals surface area (Å²) in [6.45, 7) is 6.27. The van der Waals surface area contributed by atoms with Gasteiger partial charge >= 0.3 is 0 Å². The highest BCUT2D eigenvalue weighted by atomic mass is 35.5. The summed E-state index contributed by atoms with van der Waals surface area (Å²) in [5.41, 5.74) is 9.61. The molecule has 2 aromatic carbocycles. The maximum atomic E-state index is 6.21. The van der Waals surface area contributed by atoms with Crippen LogP contribution in [0.3, 0.4) is 0 Å². The second-order valence-corrected chi connectivity index (χ2v) is 7.92. The molecule has 0 aliphatic heterocycles. The Bertz CT molecular complexity index is 1120. The van der Waals surface area contributed by atoms with Gasteiger partial charge in [0.05, 0.1) is 16.4 Å². The molecular weight excluding hydrogens is 376 g/mol. The van der Waals surface area contributed by atoms with Gasteiger partial charge in [0.15, 0.2) is 0 Å². The molecule has 0 unspecified atom stereocenters. The third kappa shape index (κ3) is 3.48. The third-order valence-corrected chi connectivity index (χ3v) is 5.72. The molecule has 0 amide bonds. The van der Waals surface area contributed by atoms with Crippen LogP contribution in [0.25, 0.3) is 15.9 Å². The fourth-order valence-electron chi connectivity index (χ4n) is 3.19. The normalized spacial score (nSPS) is 11.6.